The Morgan fingerprint density at radius 1 is 0.800 bits per heavy atom. The van der Waals surface area contributed by atoms with E-state index in [1.807, 2.05) is 26.0 Å². The summed E-state index contributed by atoms with van der Waals surface area (Å²) < 4.78 is 10.7. The lowest BCUT2D eigenvalue weighted by Gasteiger charge is -2.39. The number of rotatable bonds is 10. The number of carbonyl (C=O) groups is 2. The maximum absolute atomic E-state index is 13.1. The molecular weight excluding hydrogens is 516 g/mol. The Balaban J connectivity index is 1.40. The molecular formula is C28H42N6O6+2. The van der Waals surface area contributed by atoms with Gasteiger partial charge >= 0.3 is 11.9 Å². The molecule has 0 N–H and O–H groups in total. The van der Waals surface area contributed by atoms with Crippen LogP contribution in [0.15, 0.2) is 21.2 Å². The van der Waals surface area contributed by atoms with Gasteiger partial charge in [-0.3, -0.25) is 9.68 Å². The van der Waals surface area contributed by atoms with E-state index in [4.69, 9.17) is 18.7 Å². The predicted molar refractivity (Wildman–Crippen MR) is 144 cm³/mol. The van der Waals surface area contributed by atoms with Crippen LogP contribution in [0.4, 0.5) is 0 Å². The van der Waals surface area contributed by atoms with Crippen molar-refractivity contribution in [3.63, 3.8) is 0 Å². The second-order valence-electron chi connectivity index (χ2n) is 11.3. The molecule has 4 rings (SSSR count). The molecule has 0 amide bonds. The van der Waals surface area contributed by atoms with Gasteiger partial charge in [0.05, 0.1) is 11.1 Å². The van der Waals surface area contributed by atoms with Crippen LogP contribution in [0.5, 0.6) is 0 Å². The van der Waals surface area contributed by atoms with E-state index in [0.29, 0.717) is 49.4 Å². The largest absolute Gasteiger partial charge is 0.480 e. The quantitative estimate of drug-likeness (QED) is 0.311. The molecule has 2 aromatic heterocycles. The maximum atomic E-state index is 13.1. The summed E-state index contributed by atoms with van der Waals surface area (Å²) in [6, 6.07) is -0.175. The lowest BCUT2D eigenvalue weighted by atomic mass is 10.0. The first-order valence-corrected chi connectivity index (χ1v) is 14.3. The van der Waals surface area contributed by atoms with Gasteiger partial charge in [-0.15, -0.1) is 9.29 Å². The minimum absolute atomic E-state index is 0.0874. The average molecular weight is 559 g/mol. The molecule has 2 aromatic rings. The van der Waals surface area contributed by atoms with Gasteiger partial charge < -0.3 is 9.05 Å². The number of nitrogens with zero attached hydrogens (tertiary/aromatic N) is 6. The third kappa shape index (κ3) is 6.67. The molecule has 0 spiro atoms. The van der Waals surface area contributed by atoms with E-state index in [-0.39, 0.29) is 21.4 Å². The smallest absolute Gasteiger partial charge is 0.334 e. The van der Waals surface area contributed by atoms with Crippen LogP contribution >= 0.6 is 0 Å². The van der Waals surface area contributed by atoms with Gasteiger partial charge in [-0.25, -0.2) is 9.59 Å². The highest BCUT2D eigenvalue weighted by atomic mass is 16.8. The number of hydrogen-bond acceptors (Lipinski definition) is 10. The first kappa shape index (κ1) is 29.6. The maximum Gasteiger partial charge on any atom is 0.480 e. The number of aromatic nitrogens is 4. The molecule has 0 bridgehead atoms. The molecule has 2 aliphatic heterocycles. The highest BCUT2D eigenvalue weighted by Gasteiger charge is 2.46. The molecule has 40 heavy (non-hydrogen) atoms. The first-order valence-electron chi connectivity index (χ1n) is 14.3. The van der Waals surface area contributed by atoms with Crippen molar-refractivity contribution < 1.29 is 37.6 Å². The molecule has 12 heteroatoms. The molecule has 12 nitrogen and oxygen atoms in total. The van der Waals surface area contributed by atoms with E-state index in [2.05, 4.69) is 34.1 Å². The third-order valence-corrected chi connectivity index (χ3v) is 7.99. The number of aryl methyl sites for hydroxylation is 2. The van der Waals surface area contributed by atoms with Crippen molar-refractivity contribution in [2.45, 2.75) is 91.1 Å². The Kier molecular flexibility index (Phi) is 9.19. The van der Waals surface area contributed by atoms with Crippen molar-refractivity contribution in [3.05, 3.63) is 35.6 Å². The van der Waals surface area contributed by atoms with Gasteiger partial charge in [0, 0.05) is 25.7 Å². The van der Waals surface area contributed by atoms with Crippen molar-refractivity contribution >= 4 is 23.1 Å². The van der Waals surface area contributed by atoms with Gasteiger partial charge in [0.15, 0.2) is 11.6 Å². The van der Waals surface area contributed by atoms with E-state index in [1.165, 1.54) is 0 Å². The second kappa shape index (κ2) is 12.4. The standard InChI is InChI=1S/C28H42N6O6/c1-7-9-11-23-29-25(37-31-23)21-15-13-19(3)33(5,17-21)39-27(35)28(36)40-34(6)18-22(16-14-20(34)4)26-30-24(32-38-26)12-10-8-2/h15-16,19-20H,7-14,17-18H2,1-6H3/q+2. The molecule has 4 unspecified atom stereocenters. The van der Waals surface area contributed by atoms with Gasteiger partial charge in [0.1, 0.15) is 39.3 Å². The van der Waals surface area contributed by atoms with Crippen molar-refractivity contribution in [2.75, 3.05) is 27.2 Å². The Labute approximate surface area is 235 Å². The highest BCUT2D eigenvalue weighted by Crippen LogP contribution is 2.31. The minimum atomic E-state index is -1.05. The lowest BCUT2D eigenvalue weighted by Crippen LogP contribution is -2.58. The average Bonchev–Trinajstić information content (AvgIpc) is 3.59. The summed E-state index contributed by atoms with van der Waals surface area (Å²) in [6.07, 6.45) is 10.8. The van der Waals surface area contributed by atoms with Crippen LogP contribution < -0.4 is 0 Å². The zero-order valence-corrected chi connectivity index (χ0v) is 24.5. The molecule has 218 valence electrons. The van der Waals surface area contributed by atoms with Gasteiger partial charge in [-0.2, -0.15) is 9.97 Å². The summed E-state index contributed by atoms with van der Waals surface area (Å²) in [5.74, 6) is 0.0488. The lowest BCUT2D eigenvalue weighted by molar-refractivity contribution is -1.09. The Bertz CT molecular complexity index is 1170. The number of hydroxylamine groups is 6. The molecule has 0 aromatic carbocycles. The molecule has 0 radical (unpaired) electrons. The fourth-order valence-electron chi connectivity index (χ4n) is 4.84. The van der Waals surface area contributed by atoms with Gasteiger partial charge in [0.25, 0.3) is 11.8 Å². The Morgan fingerprint density at radius 3 is 1.57 bits per heavy atom. The number of unbranched alkanes of at least 4 members (excludes halogenated alkanes) is 2. The van der Waals surface area contributed by atoms with E-state index >= 15 is 0 Å². The number of likely N-dealkylation sites (N-methyl/N-ethyl adjacent to an activating group) is 2. The number of quaternary nitrogens is 2. The van der Waals surface area contributed by atoms with Crippen LogP contribution in [0.25, 0.3) is 11.1 Å². The van der Waals surface area contributed by atoms with Gasteiger partial charge in [-0.05, 0) is 26.7 Å². The fraction of sp³-hybridized carbons (Fsp3) is 0.643. The molecule has 0 fully saturated rings. The van der Waals surface area contributed by atoms with Crippen molar-refractivity contribution in [1.82, 2.24) is 20.3 Å². The van der Waals surface area contributed by atoms with E-state index in [0.717, 1.165) is 49.7 Å². The molecule has 0 saturated carbocycles. The molecule has 2 aliphatic rings. The topological polar surface area (TPSA) is 130 Å². The molecule has 0 saturated heterocycles. The van der Waals surface area contributed by atoms with Crippen LogP contribution in [0.3, 0.4) is 0 Å². The summed E-state index contributed by atoms with van der Waals surface area (Å²) >= 11 is 0. The van der Waals surface area contributed by atoms with Gasteiger partial charge in [0.2, 0.25) is 0 Å². The van der Waals surface area contributed by atoms with Crippen LogP contribution in [0.2, 0.25) is 0 Å². The van der Waals surface area contributed by atoms with E-state index in [9.17, 15) is 9.59 Å². The zero-order valence-electron chi connectivity index (χ0n) is 24.5. The molecule has 0 aliphatic carbocycles. The van der Waals surface area contributed by atoms with E-state index < -0.39 is 11.9 Å². The Morgan fingerprint density at radius 2 is 1.20 bits per heavy atom. The summed E-state index contributed by atoms with van der Waals surface area (Å²) in [5.41, 5.74) is 1.57. The zero-order chi connectivity index (χ0) is 28.9. The van der Waals surface area contributed by atoms with Crippen molar-refractivity contribution in [3.8, 4) is 0 Å². The number of carbonyl (C=O) groups excluding carboxylic acids is 2. The normalized spacial score (nSPS) is 26.6. The predicted octanol–water partition coefficient (Wildman–Crippen LogP) is 4.00. The highest BCUT2D eigenvalue weighted by molar-refractivity contribution is 6.29. The summed E-state index contributed by atoms with van der Waals surface area (Å²) in [6.45, 7) is 8.73. The van der Waals surface area contributed by atoms with Crippen LogP contribution in [0, 0.1) is 0 Å². The summed E-state index contributed by atoms with van der Waals surface area (Å²) in [4.78, 5) is 46.7. The van der Waals surface area contributed by atoms with Gasteiger partial charge in [-0.1, -0.05) is 49.2 Å². The van der Waals surface area contributed by atoms with Crippen molar-refractivity contribution in [1.29, 1.82) is 0 Å². The third-order valence-electron chi connectivity index (χ3n) is 7.99. The number of hydrogen-bond donors (Lipinski definition) is 0. The SMILES string of the molecule is CCCCc1noc(C2=CCC(C)[N+](C)(OC(=O)C(=O)O[N+]3(C)CC(c4nc(CCCC)no4)=CCC3C)C2)n1. The summed E-state index contributed by atoms with van der Waals surface area (Å²) in [5, 5.41) is 8.14. The fourth-order valence-corrected chi connectivity index (χ4v) is 4.84. The minimum Gasteiger partial charge on any atom is -0.334 e. The van der Waals surface area contributed by atoms with Crippen molar-refractivity contribution in [2.24, 2.45) is 0 Å². The Hall–Kier alpha value is -3.38. The second-order valence-corrected chi connectivity index (χ2v) is 11.3. The first-order chi connectivity index (χ1) is 19.1. The monoisotopic (exact) mass is 558 g/mol. The van der Waals surface area contributed by atoms with Crippen LogP contribution in [-0.4, -0.2) is 80.8 Å². The molecule has 4 atom stereocenters. The van der Waals surface area contributed by atoms with E-state index in [1.54, 1.807) is 14.1 Å². The van der Waals surface area contributed by atoms with Crippen LogP contribution in [0.1, 0.15) is 89.7 Å². The van der Waals surface area contributed by atoms with Crippen LogP contribution in [-0.2, 0) is 32.1 Å². The molecule has 4 heterocycles. The summed E-state index contributed by atoms with van der Waals surface area (Å²) in [7, 11) is 3.53.